The third-order valence-corrected chi connectivity index (χ3v) is 3.84. The first-order valence-electron chi connectivity index (χ1n) is 7.09. The van der Waals surface area contributed by atoms with Crippen LogP contribution in [0.2, 0.25) is 0 Å². The SMILES string of the molecule is COc1cc(/C=C(\C#N)C(=O)Nc2ccccc2F)cc(Br)c1OC. The van der Waals surface area contributed by atoms with Crippen molar-refractivity contribution in [3.8, 4) is 17.6 Å². The molecular weight excluding hydrogens is 391 g/mol. The zero-order valence-corrected chi connectivity index (χ0v) is 15.1. The highest BCUT2D eigenvalue weighted by Gasteiger charge is 2.14. The molecule has 25 heavy (non-hydrogen) atoms. The summed E-state index contributed by atoms with van der Waals surface area (Å²) in [6.45, 7) is 0. The molecule has 0 aliphatic rings. The van der Waals surface area contributed by atoms with Crippen molar-refractivity contribution < 1.29 is 18.7 Å². The van der Waals surface area contributed by atoms with Crippen LogP contribution in [-0.4, -0.2) is 20.1 Å². The lowest BCUT2D eigenvalue weighted by Crippen LogP contribution is -2.14. The van der Waals surface area contributed by atoms with Crippen LogP contribution in [0.15, 0.2) is 46.4 Å². The number of carbonyl (C=O) groups is 1. The Bertz CT molecular complexity index is 875. The van der Waals surface area contributed by atoms with Gasteiger partial charge in [-0.3, -0.25) is 4.79 Å². The summed E-state index contributed by atoms with van der Waals surface area (Å²) < 4.78 is 24.7. The monoisotopic (exact) mass is 404 g/mol. The van der Waals surface area contributed by atoms with Gasteiger partial charge in [-0.1, -0.05) is 12.1 Å². The van der Waals surface area contributed by atoms with Crippen LogP contribution in [0, 0.1) is 17.1 Å². The van der Waals surface area contributed by atoms with Crippen molar-refractivity contribution in [1.29, 1.82) is 5.26 Å². The molecule has 0 fully saturated rings. The van der Waals surface area contributed by atoms with Crippen molar-refractivity contribution in [2.45, 2.75) is 0 Å². The van der Waals surface area contributed by atoms with Gasteiger partial charge in [-0.25, -0.2) is 4.39 Å². The Morgan fingerprint density at radius 2 is 2.00 bits per heavy atom. The zero-order valence-electron chi connectivity index (χ0n) is 13.5. The first-order chi connectivity index (χ1) is 12.0. The van der Waals surface area contributed by atoms with Gasteiger partial charge in [-0.2, -0.15) is 5.26 Å². The van der Waals surface area contributed by atoms with Crippen LogP contribution < -0.4 is 14.8 Å². The number of halogens is 2. The number of anilines is 1. The molecule has 0 aliphatic carbocycles. The van der Waals surface area contributed by atoms with Crippen molar-refractivity contribution in [1.82, 2.24) is 0 Å². The van der Waals surface area contributed by atoms with Gasteiger partial charge < -0.3 is 14.8 Å². The number of nitrogens with one attached hydrogen (secondary N) is 1. The molecule has 7 heteroatoms. The van der Waals surface area contributed by atoms with E-state index < -0.39 is 11.7 Å². The summed E-state index contributed by atoms with van der Waals surface area (Å²) in [5, 5.41) is 11.6. The highest BCUT2D eigenvalue weighted by molar-refractivity contribution is 9.10. The van der Waals surface area contributed by atoms with Gasteiger partial charge in [0, 0.05) is 0 Å². The summed E-state index contributed by atoms with van der Waals surface area (Å²) in [6.07, 6.45) is 1.38. The number of rotatable bonds is 5. The van der Waals surface area contributed by atoms with Crippen LogP contribution in [-0.2, 0) is 4.79 Å². The lowest BCUT2D eigenvalue weighted by molar-refractivity contribution is -0.112. The Kier molecular flexibility index (Phi) is 6.14. The van der Waals surface area contributed by atoms with E-state index in [1.165, 1.54) is 38.5 Å². The van der Waals surface area contributed by atoms with Gasteiger partial charge in [-0.15, -0.1) is 0 Å². The number of nitriles is 1. The number of hydrogen-bond donors (Lipinski definition) is 1. The predicted octanol–water partition coefficient (Wildman–Crippen LogP) is 4.15. The highest BCUT2D eigenvalue weighted by atomic mass is 79.9. The number of nitrogens with zero attached hydrogens (tertiary/aromatic N) is 1. The fraction of sp³-hybridized carbons (Fsp3) is 0.111. The first-order valence-corrected chi connectivity index (χ1v) is 7.88. The molecule has 0 aliphatic heterocycles. The number of amides is 1. The molecule has 2 aromatic rings. The topological polar surface area (TPSA) is 71.3 Å². The Morgan fingerprint density at radius 1 is 1.28 bits per heavy atom. The molecule has 128 valence electrons. The molecule has 0 bridgehead atoms. The molecule has 0 radical (unpaired) electrons. The molecule has 1 amide bonds. The summed E-state index contributed by atoms with van der Waals surface area (Å²) >= 11 is 3.34. The van der Waals surface area contributed by atoms with Gasteiger partial charge in [0.2, 0.25) is 0 Å². The molecule has 0 saturated heterocycles. The van der Waals surface area contributed by atoms with Crippen LogP contribution in [0.5, 0.6) is 11.5 Å². The average Bonchev–Trinajstić information content (AvgIpc) is 2.60. The molecule has 5 nitrogen and oxygen atoms in total. The lowest BCUT2D eigenvalue weighted by atomic mass is 10.1. The second-order valence-corrected chi connectivity index (χ2v) is 5.70. The van der Waals surface area contributed by atoms with E-state index >= 15 is 0 Å². The molecule has 0 saturated carbocycles. The van der Waals surface area contributed by atoms with E-state index in [0.717, 1.165) is 0 Å². The maximum Gasteiger partial charge on any atom is 0.266 e. The molecule has 2 rings (SSSR count). The lowest BCUT2D eigenvalue weighted by Gasteiger charge is -2.11. The molecule has 1 N–H and O–H groups in total. The number of carbonyl (C=O) groups excluding carboxylic acids is 1. The normalized spacial score (nSPS) is 10.8. The minimum Gasteiger partial charge on any atom is -0.493 e. The molecule has 0 unspecified atom stereocenters. The van der Waals surface area contributed by atoms with Crippen molar-refractivity contribution in [3.05, 3.63) is 57.8 Å². The van der Waals surface area contributed by atoms with Gasteiger partial charge in [-0.05, 0) is 51.8 Å². The van der Waals surface area contributed by atoms with Crippen molar-refractivity contribution in [2.75, 3.05) is 19.5 Å². The Balaban J connectivity index is 2.34. The summed E-state index contributed by atoms with van der Waals surface area (Å²) in [6, 6.07) is 10.8. The van der Waals surface area contributed by atoms with Crippen molar-refractivity contribution in [2.24, 2.45) is 0 Å². The minimum atomic E-state index is -0.710. The quantitative estimate of drug-likeness (QED) is 0.599. The van der Waals surface area contributed by atoms with Crippen molar-refractivity contribution >= 4 is 33.6 Å². The van der Waals surface area contributed by atoms with Gasteiger partial charge >= 0.3 is 0 Å². The summed E-state index contributed by atoms with van der Waals surface area (Å²) in [7, 11) is 2.98. The van der Waals surface area contributed by atoms with E-state index in [-0.39, 0.29) is 11.3 Å². The molecule has 0 heterocycles. The zero-order chi connectivity index (χ0) is 18.4. The van der Waals surface area contributed by atoms with Crippen LogP contribution in [0.1, 0.15) is 5.56 Å². The summed E-state index contributed by atoms with van der Waals surface area (Å²) in [4.78, 5) is 12.2. The van der Waals surface area contributed by atoms with E-state index in [1.54, 1.807) is 18.2 Å². The van der Waals surface area contributed by atoms with Crippen LogP contribution in [0.3, 0.4) is 0 Å². The van der Waals surface area contributed by atoms with E-state index in [2.05, 4.69) is 21.2 Å². The van der Waals surface area contributed by atoms with Crippen molar-refractivity contribution in [3.63, 3.8) is 0 Å². The fourth-order valence-corrected chi connectivity index (χ4v) is 2.71. The third kappa shape index (κ3) is 4.37. The van der Waals surface area contributed by atoms with E-state index in [1.807, 2.05) is 6.07 Å². The number of methoxy groups -OCH3 is 2. The molecular formula is C18H14BrFN2O3. The first kappa shape index (κ1) is 18.5. The number of benzene rings is 2. The van der Waals surface area contributed by atoms with Gasteiger partial charge in [0.05, 0.1) is 24.4 Å². The highest BCUT2D eigenvalue weighted by Crippen LogP contribution is 2.36. The largest absolute Gasteiger partial charge is 0.493 e. The Hall–Kier alpha value is -2.85. The molecule has 0 spiro atoms. The maximum atomic E-state index is 13.6. The molecule has 2 aromatic carbocycles. The van der Waals surface area contributed by atoms with Crippen LogP contribution in [0.4, 0.5) is 10.1 Å². The Morgan fingerprint density at radius 3 is 2.60 bits per heavy atom. The third-order valence-electron chi connectivity index (χ3n) is 3.25. The van der Waals surface area contributed by atoms with Crippen LogP contribution in [0.25, 0.3) is 6.08 Å². The van der Waals surface area contributed by atoms with E-state index in [9.17, 15) is 14.4 Å². The average molecular weight is 405 g/mol. The molecule has 0 aromatic heterocycles. The van der Waals surface area contributed by atoms with E-state index in [4.69, 9.17) is 9.47 Å². The number of ether oxygens (including phenoxy) is 2. The van der Waals surface area contributed by atoms with Gasteiger partial charge in [0.15, 0.2) is 11.5 Å². The smallest absolute Gasteiger partial charge is 0.266 e. The molecule has 0 atom stereocenters. The standard InChI is InChI=1S/C18H14BrFN2O3/c1-24-16-9-11(8-13(19)17(16)25-2)7-12(10-21)18(23)22-15-6-4-3-5-14(15)20/h3-9H,1-2H3,(H,22,23)/b12-7+. The van der Waals surface area contributed by atoms with Gasteiger partial charge in [0.1, 0.15) is 17.5 Å². The number of hydrogen-bond acceptors (Lipinski definition) is 4. The Labute approximate surface area is 152 Å². The van der Waals surface area contributed by atoms with Gasteiger partial charge in [0.25, 0.3) is 5.91 Å². The van der Waals surface area contributed by atoms with Crippen LogP contribution >= 0.6 is 15.9 Å². The minimum absolute atomic E-state index is 0.00198. The summed E-state index contributed by atoms with van der Waals surface area (Å²) in [5.74, 6) is -0.357. The van der Waals surface area contributed by atoms with E-state index in [0.29, 0.717) is 21.5 Å². The predicted molar refractivity (Wildman–Crippen MR) is 95.9 cm³/mol. The maximum absolute atomic E-state index is 13.6. The fourth-order valence-electron chi connectivity index (χ4n) is 2.09. The number of para-hydroxylation sites is 1. The summed E-state index contributed by atoms with van der Waals surface area (Å²) in [5.41, 5.74) is 0.370. The second-order valence-electron chi connectivity index (χ2n) is 4.84. The second kappa shape index (κ2) is 8.31.